The first kappa shape index (κ1) is 17.4. The Morgan fingerprint density at radius 3 is 2.48 bits per heavy atom. The minimum absolute atomic E-state index is 0.0612. The van der Waals surface area contributed by atoms with Gasteiger partial charge in [-0.1, -0.05) is 25.1 Å². The van der Waals surface area contributed by atoms with Gasteiger partial charge in [-0.05, 0) is 42.3 Å². The number of piperazine rings is 1. The minimum atomic E-state index is -0.211. The van der Waals surface area contributed by atoms with Crippen LogP contribution in [0.3, 0.4) is 0 Å². The molecular formula is C20H25FN3O+. The summed E-state index contributed by atoms with van der Waals surface area (Å²) >= 11 is 0. The van der Waals surface area contributed by atoms with Crippen molar-refractivity contribution < 1.29 is 14.1 Å². The van der Waals surface area contributed by atoms with E-state index in [-0.39, 0.29) is 11.7 Å². The summed E-state index contributed by atoms with van der Waals surface area (Å²) in [5, 5.41) is 3.04. The van der Waals surface area contributed by atoms with Crippen LogP contribution in [0.4, 0.5) is 15.8 Å². The molecule has 0 aliphatic carbocycles. The van der Waals surface area contributed by atoms with E-state index in [1.807, 2.05) is 36.4 Å². The number of carbonyl (C=O) groups excluding carboxylic acids is 1. The van der Waals surface area contributed by atoms with Crippen LogP contribution in [0.2, 0.25) is 0 Å². The number of hydrogen-bond donors (Lipinski definition) is 2. The monoisotopic (exact) mass is 342 g/mol. The summed E-state index contributed by atoms with van der Waals surface area (Å²) in [6.45, 7) is 6.13. The molecule has 1 saturated heterocycles. The number of amides is 1. The number of carbonyl (C=O) groups is 1. The number of nitrogens with zero attached hydrogens (tertiary/aromatic N) is 1. The van der Waals surface area contributed by atoms with Gasteiger partial charge in [0.1, 0.15) is 5.82 Å². The third kappa shape index (κ3) is 4.57. The summed E-state index contributed by atoms with van der Waals surface area (Å²) in [6.07, 6.45) is 0.902. The molecule has 0 radical (unpaired) electrons. The van der Waals surface area contributed by atoms with Crippen molar-refractivity contribution in [2.45, 2.75) is 13.3 Å². The van der Waals surface area contributed by atoms with Gasteiger partial charge >= 0.3 is 0 Å². The van der Waals surface area contributed by atoms with Crippen molar-refractivity contribution in [1.82, 2.24) is 0 Å². The standard InChI is InChI=1S/C20H24FN3O/c1-2-16-5-3-4-6-19(16)22-20(25)15-23-11-13-24(14-12-23)18-9-7-17(21)8-10-18/h3-10H,2,11-15H2,1H3,(H,22,25)/p+1. The Labute approximate surface area is 148 Å². The van der Waals surface area contributed by atoms with Gasteiger partial charge in [-0.3, -0.25) is 4.79 Å². The lowest BCUT2D eigenvalue weighted by molar-refractivity contribution is -0.892. The number of rotatable bonds is 5. The maximum Gasteiger partial charge on any atom is 0.279 e. The second-order valence-electron chi connectivity index (χ2n) is 6.45. The molecule has 0 atom stereocenters. The van der Waals surface area contributed by atoms with Gasteiger partial charge in [0.15, 0.2) is 6.54 Å². The van der Waals surface area contributed by atoms with Gasteiger partial charge in [0.2, 0.25) is 0 Å². The summed E-state index contributed by atoms with van der Waals surface area (Å²) in [5.41, 5.74) is 3.12. The van der Waals surface area contributed by atoms with Crippen LogP contribution in [-0.2, 0) is 11.2 Å². The van der Waals surface area contributed by atoms with E-state index in [2.05, 4.69) is 17.1 Å². The average molecular weight is 342 g/mol. The van der Waals surface area contributed by atoms with Gasteiger partial charge in [0.05, 0.1) is 26.2 Å². The van der Waals surface area contributed by atoms with E-state index >= 15 is 0 Å². The lowest BCUT2D eigenvalue weighted by Crippen LogP contribution is -3.15. The number of aryl methyl sites for hydroxylation is 1. The Kier molecular flexibility index (Phi) is 5.66. The molecule has 0 unspecified atom stereocenters. The summed E-state index contributed by atoms with van der Waals surface area (Å²) in [5.74, 6) is -0.150. The number of para-hydroxylation sites is 1. The molecule has 3 rings (SSSR count). The van der Waals surface area contributed by atoms with E-state index in [0.29, 0.717) is 6.54 Å². The number of benzene rings is 2. The number of anilines is 2. The SMILES string of the molecule is CCc1ccccc1NC(=O)C[NH+]1CCN(c2ccc(F)cc2)CC1. The molecule has 1 amide bonds. The molecule has 1 aliphatic heterocycles. The summed E-state index contributed by atoms with van der Waals surface area (Å²) in [4.78, 5) is 15.9. The Hall–Kier alpha value is -2.40. The van der Waals surface area contributed by atoms with Gasteiger partial charge in [-0.25, -0.2) is 4.39 Å². The van der Waals surface area contributed by atoms with Crippen molar-refractivity contribution >= 4 is 17.3 Å². The predicted molar refractivity (Wildman–Crippen MR) is 98.6 cm³/mol. The smallest absolute Gasteiger partial charge is 0.279 e. The maximum absolute atomic E-state index is 13.0. The zero-order valence-corrected chi connectivity index (χ0v) is 14.6. The maximum atomic E-state index is 13.0. The molecule has 2 aromatic carbocycles. The van der Waals surface area contributed by atoms with Crippen molar-refractivity contribution in [3.05, 3.63) is 59.9 Å². The van der Waals surface area contributed by atoms with Crippen molar-refractivity contribution in [3.63, 3.8) is 0 Å². The number of halogens is 1. The highest BCUT2D eigenvalue weighted by Gasteiger charge is 2.22. The molecule has 4 nitrogen and oxygen atoms in total. The minimum Gasteiger partial charge on any atom is -0.360 e. The number of hydrogen-bond acceptors (Lipinski definition) is 2. The molecule has 0 saturated carbocycles. The summed E-state index contributed by atoms with van der Waals surface area (Å²) in [6, 6.07) is 14.6. The highest BCUT2D eigenvalue weighted by molar-refractivity contribution is 5.92. The van der Waals surface area contributed by atoms with Gasteiger partial charge in [0.25, 0.3) is 5.91 Å². The van der Waals surface area contributed by atoms with Crippen LogP contribution in [0.25, 0.3) is 0 Å². The molecule has 5 heteroatoms. The third-order valence-corrected chi connectivity index (χ3v) is 4.75. The van der Waals surface area contributed by atoms with Crippen LogP contribution in [0.1, 0.15) is 12.5 Å². The fourth-order valence-electron chi connectivity index (χ4n) is 3.28. The van der Waals surface area contributed by atoms with E-state index in [0.717, 1.165) is 49.5 Å². The Morgan fingerprint density at radius 2 is 1.80 bits per heavy atom. The number of quaternary nitrogens is 1. The molecule has 0 spiro atoms. The Balaban J connectivity index is 1.50. The van der Waals surface area contributed by atoms with Crippen molar-refractivity contribution in [3.8, 4) is 0 Å². The second kappa shape index (κ2) is 8.12. The zero-order chi connectivity index (χ0) is 17.6. The highest BCUT2D eigenvalue weighted by Crippen LogP contribution is 2.15. The molecule has 0 aromatic heterocycles. The molecule has 0 bridgehead atoms. The molecule has 132 valence electrons. The van der Waals surface area contributed by atoms with Crippen LogP contribution in [0.5, 0.6) is 0 Å². The molecule has 1 aliphatic rings. The molecule has 1 heterocycles. The molecule has 2 N–H and O–H groups in total. The summed E-state index contributed by atoms with van der Waals surface area (Å²) in [7, 11) is 0. The van der Waals surface area contributed by atoms with Crippen LogP contribution in [0.15, 0.2) is 48.5 Å². The summed E-state index contributed by atoms with van der Waals surface area (Å²) < 4.78 is 13.0. The van der Waals surface area contributed by atoms with Gasteiger partial charge < -0.3 is 15.1 Å². The zero-order valence-electron chi connectivity index (χ0n) is 14.6. The van der Waals surface area contributed by atoms with E-state index in [9.17, 15) is 9.18 Å². The highest BCUT2D eigenvalue weighted by atomic mass is 19.1. The molecular weight excluding hydrogens is 317 g/mol. The molecule has 2 aromatic rings. The first-order valence-corrected chi connectivity index (χ1v) is 8.87. The topological polar surface area (TPSA) is 36.8 Å². The third-order valence-electron chi connectivity index (χ3n) is 4.75. The first-order valence-electron chi connectivity index (χ1n) is 8.87. The van der Waals surface area contributed by atoms with E-state index in [1.165, 1.54) is 17.0 Å². The number of nitrogens with one attached hydrogen (secondary N) is 2. The first-order chi connectivity index (χ1) is 12.2. The predicted octanol–water partition coefficient (Wildman–Crippen LogP) is 1.73. The van der Waals surface area contributed by atoms with Crippen molar-refractivity contribution in [2.75, 3.05) is 42.9 Å². The van der Waals surface area contributed by atoms with Gasteiger partial charge in [-0.15, -0.1) is 0 Å². The fourth-order valence-corrected chi connectivity index (χ4v) is 3.28. The van der Waals surface area contributed by atoms with Crippen LogP contribution >= 0.6 is 0 Å². The fraction of sp³-hybridized carbons (Fsp3) is 0.350. The quantitative estimate of drug-likeness (QED) is 0.868. The van der Waals surface area contributed by atoms with Gasteiger partial charge in [-0.2, -0.15) is 0 Å². The van der Waals surface area contributed by atoms with Crippen molar-refractivity contribution in [2.24, 2.45) is 0 Å². The molecule has 1 fully saturated rings. The largest absolute Gasteiger partial charge is 0.360 e. The lowest BCUT2D eigenvalue weighted by atomic mass is 10.1. The average Bonchev–Trinajstić information content (AvgIpc) is 2.63. The van der Waals surface area contributed by atoms with Crippen molar-refractivity contribution in [1.29, 1.82) is 0 Å². The second-order valence-corrected chi connectivity index (χ2v) is 6.45. The van der Waals surface area contributed by atoms with Crippen LogP contribution in [-0.4, -0.2) is 38.6 Å². The molecule has 25 heavy (non-hydrogen) atoms. The Morgan fingerprint density at radius 1 is 1.12 bits per heavy atom. The normalized spacial score (nSPS) is 15.2. The van der Waals surface area contributed by atoms with E-state index in [4.69, 9.17) is 0 Å². The van der Waals surface area contributed by atoms with E-state index < -0.39 is 0 Å². The Bertz CT molecular complexity index is 709. The lowest BCUT2D eigenvalue weighted by Gasteiger charge is -2.33. The van der Waals surface area contributed by atoms with Crippen LogP contribution < -0.4 is 15.1 Å². The van der Waals surface area contributed by atoms with Gasteiger partial charge in [0, 0.05) is 11.4 Å². The van der Waals surface area contributed by atoms with E-state index in [1.54, 1.807) is 0 Å². The van der Waals surface area contributed by atoms with Crippen LogP contribution in [0, 0.1) is 5.82 Å².